The van der Waals surface area contributed by atoms with Gasteiger partial charge in [-0.15, -0.1) is 0 Å². The smallest absolute Gasteiger partial charge is 0.375 e. The van der Waals surface area contributed by atoms with Gasteiger partial charge in [-0.3, -0.25) is 0 Å². The lowest BCUT2D eigenvalue weighted by Crippen LogP contribution is -2.03. The Morgan fingerprint density at radius 2 is 1.71 bits per heavy atom. The summed E-state index contributed by atoms with van der Waals surface area (Å²) in [4.78, 5) is 2.76. The molecule has 7 heteroatoms. The van der Waals surface area contributed by atoms with E-state index in [0.717, 1.165) is 12.1 Å². The number of benzene rings is 1. The van der Waals surface area contributed by atoms with Gasteiger partial charge in [0.1, 0.15) is 10.7 Å². The Morgan fingerprint density at radius 3 is 2.24 bits per heavy atom. The lowest BCUT2D eigenvalue weighted by molar-refractivity contribution is -0.134. The zero-order valence-electron chi connectivity index (χ0n) is 8.25. The minimum Gasteiger partial charge on any atom is -0.375 e. The SMILES string of the molecule is Nc1nc(-c2ccc(F)cc2)c(C(F)(F)F)s1. The van der Waals surface area contributed by atoms with Gasteiger partial charge in [-0.1, -0.05) is 11.3 Å². The fourth-order valence-corrected chi connectivity index (χ4v) is 2.05. The molecule has 90 valence electrons. The highest BCUT2D eigenvalue weighted by molar-refractivity contribution is 7.15. The van der Waals surface area contributed by atoms with E-state index in [2.05, 4.69) is 4.98 Å². The Bertz CT molecular complexity index is 530. The summed E-state index contributed by atoms with van der Waals surface area (Å²) in [5.41, 5.74) is 5.20. The van der Waals surface area contributed by atoms with Gasteiger partial charge in [0.25, 0.3) is 0 Å². The molecule has 0 bridgehead atoms. The number of aromatic nitrogens is 1. The monoisotopic (exact) mass is 262 g/mol. The van der Waals surface area contributed by atoms with Gasteiger partial charge in [-0.25, -0.2) is 9.37 Å². The summed E-state index contributed by atoms with van der Waals surface area (Å²) in [5, 5.41) is -0.170. The lowest BCUT2D eigenvalue weighted by atomic mass is 10.1. The minimum absolute atomic E-state index is 0.170. The number of nitrogen functional groups attached to an aromatic ring is 1. The van der Waals surface area contributed by atoms with Gasteiger partial charge >= 0.3 is 6.18 Å². The molecule has 17 heavy (non-hydrogen) atoms. The number of nitrogens with two attached hydrogens (primary N) is 1. The van der Waals surface area contributed by atoms with E-state index < -0.39 is 16.9 Å². The highest BCUT2D eigenvalue weighted by Gasteiger charge is 2.37. The minimum atomic E-state index is -4.51. The number of rotatable bonds is 1. The van der Waals surface area contributed by atoms with Crippen molar-refractivity contribution in [3.63, 3.8) is 0 Å². The molecular weight excluding hydrogens is 256 g/mol. The van der Waals surface area contributed by atoms with Crippen LogP contribution in [-0.4, -0.2) is 4.98 Å². The van der Waals surface area contributed by atoms with Crippen molar-refractivity contribution < 1.29 is 17.6 Å². The first-order chi connectivity index (χ1) is 7.88. The molecule has 1 aromatic heterocycles. The van der Waals surface area contributed by atoms with Crippen molar-refractivity contribution in [3.05, 3.63) is 35.0 Å². The maximum absolute atomic E-state index is 12.7. The van der Waals surface area contributed by atoms with Gasteiger partial charge in [-0.05, 0) is 24.3 Å². The highest BCUT2D eigenvalue weighted by atomic mass is 32.1. The molecule has 0 fully saturated rings. The Labute approximate surface area is 97.7 Å². The number of nitrogens with zero attached hydrogens (tertiary/aromatic N) is 1. The van der Waals surface area contributed by atoms with Crippen LogP contribution >= 0.6 is 11.3 Å². The Balaban J connectivity index is 2.55. The molecule has 0 saturated heterocycles. The van der Waals surface area contributed by atoms with E-state index in [1.807, 2.05) is 0 Å². The molecule has 0 amide bonds. The third-order valence-electron chi connectivity index (χ3n) is 2.02. The summed E-state index contributed by atoms with van der Waals surface area (Å²) in [6.45, 7) is 0. The molecule has 2 rings (SSSR count). The zero-order chi connectivity index (χ0) is 12.6. The predicted molar refractivity (Wildman–Crippen MR) is 56.9 cm³/mol. The summed E-state index contributed by atoms with van der Waals surface area (Å²) in [6.07, 6.45) is -4.51. The topological polar surface area (TPSA) is 38.9 Å². The van der Waals surface area contributed by atoms with Crippen LogP contribution in [0.25, 0.3) is 11.3 Å². The van der Waals surface area contributed by atoms with Crippen LogP contribution in [-0.2, 0) is 6.18 Å². The van der Waals surface area contributed by atoms with Gasteiger partial charge in [0.15, 0.2) is 5.13 Å². The molecule has 1 heterocycles. The maximum atomic E-state index is 12.7. The van der Waals surface area contributed by atoms with Crippen LogP contribution < -0.4 is 5.73 Å². The van der Waals surface area contributed by atoms with Crippen LogP contribution in [0, 0.1) is 5.82 Å². The average molecular weight is 262 g/mol. The standard InChI is InChI=1S/C10H6F4N2S/c11-6-3-1-5(2-4-6)7-8(10(12,13)14)17-9(15)16-7/h1-4H,(H2,15,16). The second-order valence-corrected chi connectivity index (χ2v) is 4.27. The van der Waals surface area contributed by atoms with E-state index in [9.17, 15) is 17.6 Å². The van der Waals surface area contributed by atoms with Crippen molar-refractivity contribution in [1.29, 1.82) is 0 Å². The highest BCUT2D eigenvalue weighted by Crippen LogP contribution is 2.41. The van der Waals surface area contributed by atoms with Crippen molar-refractivity contribution in [2.24, 2.45) is 0 Å². The fraction of sp³-hybridized carbons (Fsp3) is 0.100. The van der Waals surface area contributed by atoms with E-state index in [-0.39, 0.29) is 16.4 Å². The van der Waals surface area contributed by atoms with Crippen LogP contribution in [0.15, 0.2) is 24.3 Å². The van der Waals surface area contributed by atoms with E-state index in [0.29, 0.717) is 11.3 Å². The van der Waals surface area contributed by atoms with Crippen molar-refractivity contribution in [2.45, 2.75) is 6.18 Å². The average Bonchev–Trinajstić information content (AvgIpc) is 2.61. The first-order valence-electron chi connectivity index (χ1n) is 4.47. The van der Waals surface area contributed by atoms with E-state index in [4.69, 9.17) is 5.73 Å². The molecule has 0 radical (unpaired) electrons. The number of alkyl halides is 3. The summed E-state index contributed by atoms with van der Waals surface area (Å²) in [6, 6.07) is 4.62. The molecule has 2 N–H and O–H groups in total. The van der Waals surface area contributed by atoms with E-state index >= 15 is 0 Å². The van der Waals surface area contributed by atoms with Crippen LogP contribution in [0.4, 0.5) is 22.7 Å². The molecule has 2 nitrogen and oxygen atoms in total. The first-order valence-corrected chi connectivity index (χ1v) is 5.29. The van der Waals surface area contributed by atoms with E-state index in [1.165, 1.54) is 12.1 Å². The van der Waals surface area contributed by atoms with Crippen molar-refractivity contribution in [3.8, 4) is 11.3 Å². The number of hydrogen-bond donors (Lipinski definition) is 1. The van der Waals surface area contributed by atoms with Crippen LogP contribution in [0.3, 0.4) is 0 Å². The Hall–Kier alpha value is -1.63. The zero-order valence-corrected chi connectivity index (χ0v) is 9.07. The first kappa shape index (κ1) is 11.8. The Kier molecular flexibility index (Phi) is 2.78. The third-order valence-corrected chi connectivity index (χ3v) is 2.95. The van der Waals surface area contributed by atoms with E-state index in [1.54, 1.807) is 0 Å². The van der Waals surface area contributed by atoms with Crippen LogP contribution in [0.1, 0.15) is 4.88 Å². The molecule has 0 aliphatic carbocycles. The summed E-state index contributed by atoms with van der Waals surface area (Å²) < 4.78 is 50.7. The molecule has 0 aliphatic heterocycles. The number of thiazole rings is 1. The van der Waals surface area contributed by atoms with Gasteiger partial charge in [0.05, 0.1) is 5.69 Å². The number of halogens is 4. The Morgan fingerprint density at radius 1 is 1.12 bits per heavy atom. The van der Waals surface area contributed by atoms with Crippen LogP contribution in [0.2, 0.25) is 0 Å². The fourth-order valence-electron chi connectivity index (χ4n) is 1.33. The number of anilines is 1. The predicted octanol–water partition coefficient (Wildman–Crippen LogP) is 3.55. The van der Waals surface area contributed by atoms with Gasteiger partial charge in [-0.2, -0.15) is 13.2 Å². The number of hydrogen-bond acceptors (Lipinski definition) is 3. The molecule has 0 saturated carbocycles. The summed E-state index contributed by atoms with van der Waals surface area (Å²) in [7, 11) is 0. The van der Waals surface area contributed by atoms with Crippen molar-refractivity contribution in [1.82, 2.24) is 4.98 Å². The van der Waals surface area contributed by atoms with Crippen molar-refractivity contribution >= 4 is 16.5 Å². The van der Waals surface area contributed by atoms with Gasteiger partial charge in [0, 0.05) is 5.56 Å². The molecule has 1 aromatic carbocycles. The second-order valence-electron chi connectivity index (χ2n) is 3.23. The van der Waals surface area contributed by atoms with Crippen LogP contribution in [0.5, 0.6) is 0 Å². The molecular formula is C10H6F4N2S. The van der Waals surface area contributed by atoms with Gasteiger partial charge in [0.2, 0.25) is 0 Å². The second kappa shape index (κ2) is 3.99. The molecule has 0 unspecified atom stereocenters. The largest absolute Gasteiger partial charge is 0.427 e. The summed E-state index contributed by atoms with van der Waals surface area (Å²) >= 11 is 0.368. The normalized spacial score (nSPS) is 11.8. The lowest BCUT2D eigenvalue weighted by Gasteiger charge is -2.05. The molecule has 0 aliphatic rings. The molecule has 0 atom stereocenters. The molecule has 2 aromatic rings. The van der Waals surface area contributed by atoms with Gasteiger partial charge < -0.3 is 5.73 Å². The maximum Gasteiger partial charge on any atom is 0.427 e. The quantitative estimate of drug-likeness (QED) is 0.798. The summed E-state index contributed by atoms with van der Waals surface area (Å²) in [5.74, 6) is -0.523. The third kappa shape index (κ3) is 2.38. The van der Waals surface area contributed by atoms with Crippen molar-refractivity contribution in [2.75, 3.05) is 5.73 Å². The molecule has 0 spiro atoms.